The minimum absolute atomic E-state index is 0.198. The van der Waals surface area contributed by atoms with Gasteiger partial charge in [0.1, 0.15) is 3.70 Å². The summed E-state index contributed by atoms with van der Waals surface area (Å²) in [6, 6.07) is 0. The third-order valence-electron chi connectivity index (χ3n) is 3.34. The van der Waals surface area contributed by atoms with Gasteiger partial charge >= 0.3 is 0 Å². The molecule has 1 rings (SSSR count). The fourth-order valence-electron chi connectivity index (χ4n) is 1.88. The van der Waals surface area contributed by atoms with Gasteiger partial charge in [-0.2, -0.15) is 0 Å². The van der Waals surface area contributed by atoms with Gasteiger partial charge in [0.15, 0.2) is 0 Å². The van der Waals surface area contributed by atoms with Gasteiger partial charge in [-0.15, -0.1) is 0 Å². The summed E-state index contributed by atoms with van der Waals surface area (Å²) in [5.41, 5.74) is 1.35. The summed E-state index contributed by atoms with van der Waals surface area (Å²) in [5, 5.41) is 0. The fraction of sp³-hybridized carbons (Fsp3) is 0.692. The molecule has 0 aromatic carbocycles. The number of hydrogen-bond acceptors (Lipinski definition) is 2. The lowest BCUT2D eigenvalue weighted by molar-refractivity contribution is 0.386. The molecule has 1 atom stereocenters. The smallest absolute Gasteiger partial charge is 0.119 e. The Morgan fingerprint density at radius 3 is 2.56 bits per heavy atom. The number of nitrogens with zero attached hydrogens (tertiary/aromatic N) is 2. The van der Waals surface area contributed by atoms with Gasteiger partial charge in [0.2, 0.25) is 0 Å². The molecule has 3 heteroatoms. The van der Waals surface area contributed by atoms with Crippen molar-refractivity contribution in [2.45, 2.75) is 58.3 Å². The van der Waals surface area contributed by atoms with E-state index < -0.39 is 0 Å². The highest BCUT2D eigenvalue weighted by atomic mass is 127. The highest BCUT2D eigenvalue weighted by Crippen LogP contribution is 2.31. The zero-order valence-corrected chi connectivity index (χ0v) is 12.6. The number of hydrogen-bond donors (Lipinski definition) is 0. The van der Waals surface area contributed by atoms with E-state index in [-0.39, 0.29) is 5.41 Å². The molecule has 0 saturated carbocycles. The van der Waals surface area contributed by atoms with Crippen LogP contribution in [0.1, 0.15) is 58.6 Å². The Kier molecular flexibility index (Phi) is 5.66. The van der Waals surface area contributed by atoms with E-state index >= 15 is 0 Å². The third kappa shape index (κ3) is 3.68. The molecule has 0 fully saturated rings. The topological polar surface area (TPSA) is 25.8 Å². The predicted octanol–water partition coefficient (Wildman–Crippen LogP) is 4.33. The maximum atomic E-state index is 4.62. The minimum Gasteiger partial charge on any atom is -0.260 e. The van der Waals surface area contributed by atoms with Gasteiger partial charge in [-0.1, -0.05) is 40.0 Å². The van der Waals surface area contributed by atoms with Gasteiger partial charge in [0.05, 0.1) is 11.9 Å². The molecule has 0 aliphatic carbocycles. The Morgan fingerprint density at radius 2 is 2.00 bits per heavy atom. The quantitative estimate of drug-likeness (QED) is 0.572. The number of unbranched alkanes of at least 4 members (excludes halogenated alkanes) is 2. The summed E-state index contributed by atoms with van der Waals surface area (Å²) in [6.45, 7) is 6.80. The van der Waals surface area contributed by atoms with Crippen LogP contribution in [-0.4, -0.2) is 9.97 Å². The maximum Gasteiger partial charge on any atom is 0.119 e. The van der Waals surface area contributed by atoms with Crippen LogP contribution in [0.3, 0.4) is 0 Å². The van der Waals surface area contributed by atoms with Crippen molar-refractivity contribution in [2.75, 3.05) is 0 Å². The molecule has 0 N–H and O–H groups in total. The Hall–Kier alpha value is -0.190. The summed E-state index contributed by atoms with van der Waals surface area (Å²) < 4.78 is 0.991. The molecular formula is C13H21IN2. The molecule has 0 saturated heterocycles. The minimum atomic E-state index is 0.198. The summed E-state index contributed by atoms with van der Waals surface area (Å²) in [6.07, 6.45) is 9.96. The second kappa shape index (κ2) is 6.52. The molecule has 1 heterocycles. The first kappa shape index (κ1) is 13.9. The Labute approximate surface area is 112 Å². The van der Waals surface area contributed by atoms with E-state index in [1.54, 1.807) is 0 Å². The molecule has 90 valence electrons. The zero-order chi connectivity index (χ0) is 12.0. The molecule has 0 bridgehead atoms. The van der Waals surface area contributed by atoms with Crippen molar-refractivity contribution in [2.24, 2.45) is 0 Å². The second-order valence-corrected chi connectivity index (χ2v) is 5.70. The van der Waals surface area contributed by atoms with E-state index in [0.717, 1.165) is 15.8 Å². The van der Waals surface area contributed by atoms with Gasteiger partial charge in [-0.25, -0.2) is 4.98 Å². The Balaban J connectivity index is 2.78. The van der Waals surface area contributed by atoms with Crippen molar-refractivity contribution < 1.29 is 0 Å². The first-order valence-electron chi connectivity index (χ1n) is 6.10. The molecule has 1 aromatic heterocycles. The molecule has 1 unspecified atom stereocenters. The maximum absolute atomic E-state index is 4.62. The average molecular weight is 332 g/mol. The van der Waals surface area contributed by atoms with E-state index in [1.165, 1.54) is 25.7 Å². The van der Waals surface area contributed by atoms with Crippen LogP contribution < -0.4 is 0 Å². The normalized spacial score (nSPS) is 14.8. The summed E-state index contributed by atoms with van der Waals surface area (Å²) in [4.78, 5) is 8.88. The van der Waals surface area contributed by atoms with Crippen molar-refractivity contribution in [1.82, 2.24) is 9.97 Å². The van der Waals surface area contributed by atoms with E-state index in [9.17, 15) is 0 Å². The molecule has 16 heavy (non-hydrogen) atoms. The molecule has 0 aliphatic heterocycles. The van der Waals surface area contributed by atoms with Crippen molar-refractivity contribution in [3.8, 4) is 0 Å². The highest BCUT2D eigenvalue weighted by Gasteiger charge is 2.25. The lowest BCUT2D eigenvalue weighted by Gasteiger charge is -2.27. The Morgan fingerprint density at radius 1 is 1.25 bits per heavy atom. The third-order valence-corrected chi connectivity index (χ3v) is 3.86. The first-order chi connectivity index (χ1) is 7.62. The van der Waals surface area contributed by atoms with Crippen molar-refractivity contribution >= 4 is 22.6 Å². The lowest BCUT2D eigenvalue weighted by atomic mass is 9.79. The number of halogens is 1. The van der Waals surface area contributed by atoms with Gasteiger partial charge in [0, 0.05) is 11.6 Å². The number of rotatable bonds is 6. The van der Waals surface area contributed by atoms with Gasteiger partial charge in [0.25, 0.3) is 0 Å². The molecule has 0 amide bonds. The SMILES string of the molecule is CCCCCC(C)(CC)c1cncc(I)n1. The highest BCUT2D eigenvalue weighted by molar-refractivity contribution is 14.1. The first-order valence-corrected chi connectivity index (χ1v) is 7.18. The van der Waals surface area contributed by atoms with E-state index in [4.69, 9.17) is 0 Å². The molecule has 1 aromatic rings. The van der Waals surface area contributed by atoms with Crippen LogP contribution in [-0.2, 0) is 5.41 Å². The number of aromatic nitrogens is 2. The van der Waals surface area contributed by atoms with Crippen LogP contribution in [0.2, 0.25) is 0 Å². The Bertz CT molecular complexity index is 327. The van der Waals surface area contributed by atoms with Crippen LogP contribution in [0, 0.1) is 3.70 Å². The van der Waals surface area contributed by atoms with E-state index in [1.807, 2.05) is 12.4 Å². The monoisotopic (exact) mass is 332 g/mol. The van der Waals surface area contributed by atoms with Crippen LogP contribution in [0.15, 0.2) is 12.4 Å². The molecule has 0 spiro atoms. The van der Waals surface area contributed by atoms with Crippen LogP contribution in [0.4, 0.5) is 0 Å². The molecular weight excluding hydrogens is 311 g/mol. The summed E-state index contributed by atoms with van der Waals surface area (Å²) >= 11 is 2.23. The van der Waals surface area contributed by atoms with Crippen LogP contribution >= 0.6 is 22.6 Å². The zero-order valence-electron chi connectivity index (χ0n) is 10.5. The van der Waals surface area contributed by atoms with Crippen molar-refractivity contribution in [3.63, 3.8) is 0 Å². The van der Waals surface area contributed by atoms with Crippen LogP contribution in [0.5, 0.6) is 0 Å². The molecule has 0 aliphatic rings. The van der Waals surface area contributed by atoms with Crippen LogP contribution in [0.25, 0.3) is 0 Å². The van der Waals surface area contributed by atoms with Gasteiger partial charge in [-0.05, 0) is 35.4 Å². The predicted molar refractivity (Wildman–Crippen MR) is 76.5 cm³/mol. The fourth-order valence-corrected chi connectivity index (χ4v) is 2.30. The molecule has 0 radical (unpaired) electrons. The van der Waals surface area contributed by atoms with E-state index in [2.05, 4.69) is 53.3 Å². The van der Waals surface area contributed by atoms with Crippen molar-refractivity contribution in [1.29, 1.82) is 0 Å². The molecule has 2 nitrogen and oxygen atoms in total. The largest absolute Gasteiger partial charge is 0.260 e. The average Bonchev–Trinajstić information content (AvgIpc) is 2.29. The van der Waals surface area contributed by atoms with Gasteiger partial charge < -0.3 is 0 Å². The standard InChI is InChI=1S/C13H21IN2/c1-4-6-7-8-13(3,5-2)11-9-15-10-12(14)16-11/h9-10H,4-8H2,1-3H3. The summed E-state index contributed by atoms with van der Waals surface area (Å²) in [7, 11) is 0. The van der Waals surface area contributed by atoms with Gasteiger partial charge in [-0.3, -0.25) is 4.98 Å². The second-order valence-electron chi connectivity index (χ2n) is 4.60. The lowest BCUT2D eigenvalue weighted by Crippen LogP contribution is -2.23. The summed E-state index contributed by atoms with van der Waals surface area (Å²) in [5.74, 6) is 0. The van der Waals surface area contributed by atoms with Crippen molar-refractivity contribution in [3.05, 3.63) is 21.8 Å². The van der Waals surface area contributed by atoms with E-state index in [0.29, 0.717) is 0 Å².